The van der Waals surface area contributed by atoms with E-state index >= 15 is 0 Å². The fraction of sp³-hybridized carbons (Fsp3) is 0.421. The number of pyridine rings is 1. The lowest BCUT2D eigenvalue weighted by Crippen LogP contribution is -2.58. The van der Waals surface area contributed by atoms with E-state index in [9.17, 15) is 5.11 Å². The molecule has 0 radical (unpaired) electrons. The highest BCUT2D eigenvalue weighted by Crippen LogP contribution is 2.37. The normalized spacial score (nSPS) is 29.2. The van der Waals surface area contributed by atoms with E-state index in [1.807, 2.05) is 36.4 Å². The second-order valence-electron chi connectivity index (χ2n) is 6.72. The fourth-order valence-electron chi connectivity index (χ4n) is 3.65. The SMILES string of the molecule is OC1(c2cncc(OCc3ccccc3)c2)CC2COCC(C1)N2. The van der Waals surface area contributed by atoms with Crippen molar-refractivity contribution in [2.24, 2.45) is 0 Å². The number of hydrogen-bond acceptors (Lipinski definition) is 5. The number of rotatable bonds is 4. The third-order valence-corrected chi connectivity index (χ3v) is 4.78. The minimum atomic E-state index is -0.872. The topological polar surface area (TPSA) is 63.6 Å². The first-order chi connectivity index (χ1) is 11.7. The molecule has 2 unspecified atom stereocenters. The molecule has 0 saturated carbocycles. The number of nitrogens with zero attached hydrogens (tertiary/aromatic N) is 1. The molecule has 5 nitrogen and oxygen atoms in total. The standard InChI is InChI=1S/C19H22N2O3/c22-19(7-16-12-23-13-17(8-19)21-16)15-6-18(10-20-9-15)24-11-14-4-2-1-3-5-14/h1-6,9-10,16-17,21-22H,7-8,11-13H2. The predicted molar refractivity (Wildman–Crippen MR) is 89.7 cm³/mol. The van der Waals surface area contributed by atoms with E-state index in [1.165, 1.54) is 0 Å². The molecule has 2 aromatic rings. The molecular formula is C19H22N2O3. The molecule has 4 rings (SSSR count). The first-order valence-electron chi connectivity index (χ1n) is 8.40. The van der Waals surface area contributed by atoms with E-state index in [0.717, 1.165) is 11.1 Å². The van der Waals surface area contributed by atoms with Crippen LogP contribution in [-0.4, -0.2) is 35.4 Å². The van der Waals surface area contributed by atoms with Crippen molar-refractivity contribution in [1.29, 1.82) is 0 Å². The Bertz CT molecular complexity index is 680. The van der Waals surface area contributed by atoms with Crippen molar-refractivity contribution in [3.63, 3.8) is 0 Å². The van der Waals surface area contributed by atoms with E-state index in [4.69, 9.17) is 9.47 Å². The molecule has 1 aromatic carbocycles. The van der Waals surface area contributed by atoms with Crippen molar-refractivity contribution in [1.82, 2.24) is 10.3 Å². The van der Waals surface area contributed by atoms with E-state index in [-0.39, 0.29) is 12.1 Å². The Hall–Kier alpha value is -1.95. The minimum Gasteiger partial charge on any atom is -0.487 e. The summed E-state index contributed by atoms with van der Waals surface area (Å²) < 4.78 is 11.4. The number of ether oxygens (including phenoxy) is 2. The van der Waals surface area contributed by atoms with Crippen molar-refractivity contribution in [3.8, 4) is 5.75 Å². The highest BCUT2D eigenvalue weighted by molar-refractivity contribution is 5.30. The van der Waals surface area contributed by atoms with Gasteiger partial charge in [0, 0.05) is 23.8 Å². The van der Waals surface area contributed by atoms with Gasteiger partial charge in [0.1, 0.15) is 12.4 Å². The van der Waals surface area contributed by atoms with Gasteiger partial charge in [-0.2, -0.15) is 0 Å². The van der Waals surface area contributed by atoms with Crippen LogP contribution in [-0.2, 0) is 16.9 Å². The summed E-state index contributed by atoms with van der Waals surface area (Å²) in [6.45, 7) is 1.79. The number of piperidine rings is 1. The molecular weight excluding hydrogens is 304 g/mol. The lowest BCUT2D eigenvalue weighted by atomic mass is 9.78. The summed E-state index contributed by atoms with van der Waals surface area (Å²) in [6.07, 6.45) is 4.71. The molecule has 2 aliphatic heterocycles. The van der Waals surface area contributed by atoms with Crippen LogP contribution >= 0.6 is 0 Å². The van der Waals surface area contributed by atoms with Crippen LogP contribution in [0.25, 0.3) is 0 Å². The van der Waals surface area contributed by atoms with Gasteiger partial charge in [-0.15, -0.1) is 0 Å². The number of nitrogens with one attached hydrogen (secondary N) is 1. The average Bonchev–Trinajstić information content (AvgIpc) is 2.61. The van der Waals surface area contributed by atoms with Gasteiger partial charge in [-0.25, -0.2) is 0 Å². The van der Waals surface area contributed by atoms with Gasteiger partial charge in [0.25, 0.3) is 0 Å². The third-order valence-electron chi connectivity index (χ3n) is 4.78. The highest BCUT2D eigenvalue weighted by atomic mass is 16.5. The minimum absolute atomic E-state index is 0.191. The van der Waals surface area contributed by atoms with Crippen LogP contribution in [0.5, 0.6) is 5.75 Å². The van der Waals surface area contributed by atoms with Crippen molar-refractivity contribution in [2.45, 2.75) is 37.1 Å². The average molecular weight is 326 g/mol. The summed E-state index contributed by atoms with van der Waals surface area (Å²) in [5, 5.41) is 14.7. The maximum atomic E-state index is 11.2. The number of fused-ring (bicyclic) bond motifs is 2. The van der Waals surface area contributed by atoms with Gasteiger partial charge < -0.3 is 19.9 Å². The first kappa shape index (κ1) is 15.6. The Balaban J connectivity index is 1.49. The van der Waals surface area contributed by atoms with Crippen molar-refractivity contribution in [3.05, 3.63) is 59.9 Å². The quantitative estimate of drug-likeness (QED) is 0.900. The third kappa shape index (κ3) is 3.29. The molecule has 5 heteroatoms. The Morgan fingerprint density at radius 2 is 1.92 bits per heavy atom. The molecule has 3 heterocycles. The van der Waals surface area contributed by atoms with Crippen LogP contribution in [0.15, 0.2) is 48.8 Å². The molecule has 2 bridgehead atoms. The monoisotopic (exact) mass is 326 g/mol. The lowest BCUT2D eigenvalue weighted by Gasteiger charge is -2.45. The molecule has 2 aliphatic rings. The van der Waals surface area contributed by atoms with Gasteiger partial charge in [0.2, 0.25) is 0 Å². The van der Waals surface area contributed by atoms with Crippen molar-refractivity contribution < 1.29 is 14.6 Å². The Morgan fingerprint density at radius 3 is 2.67 bits per heavy atom. The van der Waals surface area contributed by atoms with Crippen LogP contribution in [0, 0.1) is 0 Å². The van der Waals surface area contributed by atoms with Crippen LogP contribution in [0.1, 0.15) is 24.0 Å². The fourth-order valence-corrected chi connectivity index (χ4v) is 3.65. The number of aliphatic hydroxyl groups is 1. The van der Waals surface area contributed by atoms with E-state index in [1.54, 1.807) is 12.4 Å². The zero-order valence-electron chi connectivity index (χ0n) is 13.5. The zero-order valence-corrected chi connectivity index (χ0v) is 13.5. The second-order valence-corrected chi connectivity index (χ2v) is 6.72. The van der Waals surface area contributed by atoms with Crippen LogP contribution in [0.2, 0.25) is 0 Å². The number of aromatic nitrogens is 1. The number of hydrogen-bond donors (Lipinski definition) is 2. The zero-order chi connectivity index (χ0) is 16.4. The molecule has 1 aromatic heterocycles. The van der Waals surface area contributed by atoms with Gasteiger partial charge in [-0.3, -0.25) is 4.98 Å². The molecule has 2 atom stereocenters. The summed E-state index contributed by atoms with van der Waals surface area (Å²) in [5.41, 5.74) is 1.06. The summed E-state index contributed by atoms with van der Waals surface area (Å²) >= 11 is 0. The number of morpholine rings is 1. The Kier molecular flexibility index (Phi) is 4.22. The van der Waals surface area contributed by atoms with Crippen molar-refractivity contribution in [2.75, 3.05) is 13.2 Å². The van der Waals surface area contributed by atoms with E-state index in [2.05, 4.69) is 10.3 Å². The molecule has 0 aliphatic carbocycles. The predicted octanol–water partition coefficient (Wildman–Crippen LogP) is 2.00. The molecule has 2 fully saturated rings. The van der Waals surface area contributed by atoms with Crippen LogP contribution in [0.4, 0.5) is 0 Å². The molecule has 0 amide bonds. The summed E-state index contributed by atoms with van der Waals surface area (Å²) in [7, 11) is 0. The van der Waals surface area contributed by atoms with Gasteiger partial charge >= 0.3 is 0 Å². The van der Waals surface area contributed by atoms with E-state index in [0.29, 0.717) is 38.4 Å². The van der Waals surface area contributed by atoms with Gasteiger partial charge in [0.05, 0.1) is 25.0 Å². The Labute approximate surface area is 141 Å². The second kappa shape index (κ2) is 6.51. The molecule has 126 valence electrons. The summed E-state index contributed by atoms with van der Waals surface area (Å²) in [4.78, 5) is 4.27. The Morgan fingerprint density at radius 1 is 1.17 bits per heavy atom. The van der Waals surface area contributed by atoms with Gasteiger partial charge in [0.15, 0.2) is 0 Å². The lowest BCUT2D eigenvalue weighted by molar-refractivity contribution is -0.0804. The molecule has 2 saturated heterocycles. The van der Waals surface area contributed by atoms with E-state index < -0.39 is 5.60 Å². The summed E-state index contributed by atoms with van der Waals surface area (Å²) in [5.74, 6) is 0.685. The molecule has 24 heavy (non-hydrogen) atoms. The van der Waals surface area contributed by atoms with Gasteiger partial charge in [-0.05, 0) is 24.5 Å². The maximum absolute atomic E-state index is 11.2. The largest absolute Gasteiger partial charge is 0.487 e. The van der Waals surface area contributed by atoms with Gasteiger partial charge in [-0.1, -0.05) is 30.3 Å². The first-order valence-corrected chi connectivity index (χ1v) is 8.40. The maximum Gasteiger partial charge on any atom is 0.138 e. The van der Waals surface area contributed by atoms with Crippen molar-refractivity contribution >= 4 is 0 Å². The van der Waals surface area contributed by atoms with Crippen LogP contribution < -0.4 is 10.1 Å². The summed E-state index contributed by atoms with van der Waals surface area (Å²) in [6, 6.07) is 12.3. The molecule has 2 N–H and O–H groups in total. The molecule has 0 spiro atoms. The smallest absolute Gasteiger partial charge is 0.138 e. The highest BCUT2D eigenvalue weighted by Gasteiger charge is 2.42. The van der Waals surface area contributed by atoms with Crippen LogP contribution in [0.3, 0.4) is 0 Å². The number of benzene rings is 1.